The molecule has 2 N–H and O–H groups in total. The topological polar surface area (TPSA) is 44.4 Å². The lowest BCUT2D eigenvalue weighted by molar-refractivity contribution is -0.117. The fourth-order valence-corrected chi connectivity index (χ4v) is 2.52. The van der Waals surface area contributed by atoms with Crippen molar-refractivity contribution in [3.05, 3.63) is 28.7 Å². The number of nitrogens with one attached hydrogen (secondary N) is 2. The third-order valence-corrected chi connectivity index (χ3v) is 3.42. The molecule has 1 aromatic carbocycles. The summed E-state index contributed by atoms with van der Waals surface area (Å²) in [5, 5.41) is 6.28. The van der Waals surface area contributed by atoms with Gasteiger partial charge in [-0.3, -0.25) is 9.69 Å². The van der Waals surface area contributed by atoms with Crippen LogP contribution in [-0.4, -0.2) is 43.0 Å². The number of halogens is 1. The first-order valence-corrected chi connectivity index (χ1v) is 6.94. The van der Waals surface area contributed by atoms with Crippen LogP contribution in [0.3, 0.4) is 0 Å². The number of piperazine rings is 1. The van der Waals surface area contributed by atoms with E-state index in [0.29, 0.717) is 12.6 Å². The van der Waals surface area contributed by atoms with E-state index in [0.717, 1.165) is 29.8 Å². The van der Waals surface area contributed by atoms with Gasteiger partial charge in [-0.15, -0.1) is 0 Å². The summed E-state index contributed by atoms with van der Waals surface area (Å²) in [6, 6.07) is 8.10. The van der Waals surface area contributed by atoms with E-state index in [1.165, 1.54) is 0 Å². The molecule has 0 bridgehead atoms. The minimum atomic E-state index is 0.0437. The highest BCUT2D eigenvalue weighted by molar-refractivity contribution is 9.10. The van der Waals surface area contributed by atoms with Crippen LogP contribution in [0.5, 0.6) is 0 Å². The molecule has 5 heteroatoms. The maximum Gasteiger partial charge on any atom is 0.238 e. The molecular weight excluding hydrogens is 294 g/mol. The zero-order chi connectivity index (χ0) is 13.0. The number of hydrogen-bond donors (Lipinski definition) is 2. The van der Waals surface area contributed by atoms with Gasteiger partial charge in [0.2, 0.25) is 5.91 Å². The summed E-state index contributed by atoms with van der Waals surface area (Å²) in [7, 11) is 0. The average Bonchev–Trinajstić information content (AvgIpc) is 2.28. The zero-order valence-electron chi connectivity index (χ0n) is 10.4. The van der Waals surface area contributed by atoms with Crippen molar-refractivity contribution in [2.45, 2.75) is 13.0 Å². The van der Waals surface area contributed by atoms with Crippen LogP contribution in [0.2, 0.25) is 0 Å². The van der Waals surface area contributed by atoms with Gasteiger partial charge < -0.3 is 10.6 Å². The molecule has 1 saturated heterocycles. The van der Waals surface area contributed by atoms with Crippen molar-refractivity contribution >= 4 is 27.5 Å². The second-order valence-electron chi connectivity index (χ2n) is 4.65. The molecule has 98 valence electrons. The molecule has 0 unspecified atom stereocenters. The van der Waals surface area contributed by atoms with Crippen molar-refractivity contribution in [3.8, 4) is 0 Å². The maximum atomic E-state index is 11.9. The van der Waals surface area contributed by atoms with Crippen LogP contribution < -0.4 is 10.6 Å². The van der Waals surface area contributed by atoms with Crippen molar-refractivity contribution in [1.29, 1.82) is 0 Å². The first-order chi connectivity index (χ1) is 8.63. The summed E-state index contributed by atoms with van der Waals surface area (Å²) < 4.78 is 0.969. The Labute approximate surface area is 116 Å². The van der Waals surface area contributed by atoms with Crippen LogP contribution in [0.1, 0.15) is 6.92 Å². The van der Waals surface area contributed by atoms with Gasteiger partial charge in [0, 0.05) is 35.8 Å². The van der Waals surface area contributed by atoms with E-state index in [2.05, 4.69) is 38.4 Å². The number of carbonyl (C=O) groups is 1. The van der Waals surface area contributed by atoms with Gasteiger partial charge >= 0.3 is 0 Å². The molecule has 0 aliphatic carbocycles. The van der Waals surface area contributed by atoms with E-state index < -0.39 is 0 Å². The van der Waals surface area contributed by atoms with Gasteiger partial charge in [-0.1, -0.05) is 22.0 Å². The molecule has 0 radical (unpaired) electrons. The van der Waals surface area contributed by atoms with Crippen LogP contribution in [-0.2, 0) is 4.79 Å². The Morgan fingerprint density at radius 3 is 3.17 bits per heavy atom. The SMILES string of the molecule is C[C@@H]1CN(CC(=O)Nc2cccc(Br)c2)CCN1. The maximum absolute atomic E-state index is 11.9. The quantitative estimate of drug-likeness (QED) is 0.892. The molecule has 1 heterocycles. The van der Waals surface area contributed by atoms with Gasteiger partial charge in [-0.2, -0.15) is 0 Å². The number of benzene rings is 1. The molecule has 1 atom stereocenters. The zero-order valence-corrected chi connectivity index (χ0v) is 12.0. The van der Waals surface area contributed by atoms with Crippen molar-refractivity contribution in [1.82, 2.24) is 10.2 Å². The summed E-state index contributed by atoms with van der Waals surface area (Å²) in [4.78, 5) is 14.1. The molecule has 1 aromatic rings. The molecule has 0 spiro atoms. The van der Waals surface area contributed by atoms with E-state index in [1.54, 1.807) is 0 Å². The lowest BCUT2D eigenvalue weighted by Gasteiger charge is -2.31. The second-order valence-corrected chi connectivity index (χ2v) is 5.56. The van der Waals surface area contributed by atoms with E-state index in [1.807, 2.05) is 24.3 Å². The predicted octanol–water partition coefficient (Wildman–Crippen LogP) is 1.68. The van der Waals surface area contributed by atoms with Gasteiger partial charge in [0.05, 0.1) is 6.54 Å². The Hall–Kier alpha value is -0.910. The van der Waals surface area contributed by atoms with Crippen LogP contribution in [0.25, 0.3) is 0 Å². The number of hydrogen-bond acceptors (Lipinski definition) is 3. The fourth-order valence-electron chi connectivity index (χ4n) is 2.13. The monoisotopic (exact) mass is 311 g/mol. The van der Waals surface area contributed by atoms with Gasteiger partial charge in [0.15, 0.2) is 0 Å². The molecule has 0 saturated carbocycles. The Kier molecular flexibility index (Phi) is 4.74. The van der Waals surface area contributed by atoms with Crippen LogP contribution >= 0.6 is 15.9 Å². The minimum absolute atomic E-state index is 0.0437. The lowest BCUT2D eigenvalue weighted by atomic mass is 10.2. The molecule has 2 rings (SSSR count). The molecule has 1 fully saturated rings. The predicted molar refractivity (Wildman–Crippen MR) is 76.7 cm³/mol. The normalized spacial score (nSPS) is 20.7. The Morgan fingerprint density at radius 1 is 1.61 bits per heavy atom. The van der Waals surface area contributed by atoms with E-state index >= 15 is 0 Å². The van der Waals surface area contributed by atoms with Crippen molar-refractivity contribution < 1.29 is 4.79 Å². The number of anilines is 1. The van der Waals surface area contributed by atoms with Crippen molar-refractivity contribution in [3.63, 3.8) is 0 Å². The molecule has 4 nitrogen and oxygen atoms in total. The molecule has 1 aliphatic heterocycles. The summed E-state index contributed by atoms with van der Waals surface area (Å²) in [6.45, 7) is 5.39. The second kappa shape index (κ2) is 6.31. The molecule has 1 aliphatic rings. The number of nitrogens with zero attached hydrogens (tertiary/aromatic N) is 1. The fraction of sp³-hybridized carbons (Fsp3) is 0.462. The van der Waals surface area contributed by atoms with Gasteiger partial charge in [0.25, 0.3) is 0 Å². The van der Waals surface area contributed by atoms with Gasteiger partial charge in [0.1, 0.15) is 0 Å². The van der Waals surface area contributed by atoms with Gasteiger partial charge in [-0.05, 0) is 25.1 Å². The highest BCUT2D eigenvalue weighted by Crippen LogP contribution is 2.15. The molecule has 0 aromatic heterocycles. The largest absolute Gasteiger partial charge is 0.325 e. The Bertz CT molecular complexity index is 424. The molecule has 18 heavy (non-hydrogen) atoms. The third-order valence-electron chi connectivity index (χ3n) is 2.93. The first-order valence-electron chi connectivity index (χ1n) is 6.14. The Morgan fingerprint density at radius 2 is 2.44 bits per heavy atom. The van der Waals surface area contributed by atoms with Crippen molar-refractivity contribution in [2.24, 2.45) is 0 Å². The van der Waals surface area contributed by atoms with E-state index in [-0.39, 0.29) is 5.91 Å². The smallest absolute Gasteiger partial charge is 0.238 e. The molecular formula is C13H18BrN3O. The number of amides is 1. The average molecular weight is 312 g/mol. The number of carbonyl (C=O) groups excluding carboxylic acids is 1. The third kappa shape index (κ3) is 4.08. The van der Waals surface area contributed by atoms with Crippen LogP contribution in [0.15, 0.2) is 28.7 Å². The highest BCUT2D eigenvalue weighted by Gasteiger charge is 2.17. The van der Waals surface area contributed by atoms with E-state index in [4.69, 9.17) is 0 Å². The number of rotatable bonds is 3. The van der Waals surface area contributed by atoms with Crippen molar-refractivity contribution in [2.75, 3.05) is 31.5 Å². The lowest BCUT2D eigenvalue weighted by Crippen LogP contribution is -2.51. The summed E-state index contributed by atoms with van der Waals surface area (Å²) in [5.74, 6) is 0.0437. The van der Waals surface area contributed by atoms with E-state index in [9.17, 15) is 4.79 Å². The summed E-state index contributed by atoms with van der Waals surface area (Å²) >= 11 is 3.39. The Balaban J connectivity index is 1.85. The highest BCUT2D eigenvalue weighted by atomic mass is 79.9. The van der Waals surface area contributed by atoms with Crippen LogP contribution in [0, 0.1) is 0 Å². The first kappa shape index (κ1) is 13.5. The molecule has 1 amide bonds. The summed E-state index contributed by atoms with van der Waals surface area (Å²) in [6.07, 6.45) is 0. The minimum Gasteiger partial charge on any atom is -0.325 e. The summed E-state index contributed by atoms with van der Waals surface area (Å²) in [5.41, 5.74) is 0.831. The standard InChI is InChI=1S/C13H18BrN3O/c1-10-8-17(6-5-15-10)9-13(18)16-12-4-2-3-11(14)7-12/h2-4,7,10,15H,5-6,8-9H2,1H3,(H,16,18)/t10-/m1/s1. The van der Waals surface area contributed by atoms with Crippen LogP contribution in [0.4, 0.5) is 5.69 Å². The van der Waals surface area contributed by atoms with Gasteiger partial charge in [-0.25, -0.2) is 0 Å².